The molecule has 0 aliphatic rings. The predicted octanol–water partition coefficient (Wildman–Crippen LogP) is 6.05. The van der Waals surface area contributed by atoms with Crippen LogP contribution in [0.2, 0.25) is 0 Å². The van der Waals surface area contributed by atoms with E-state index in [9.17, 15) is 0 Å². The summed E-state index contributed by atoms with van der Waals surface area (Å²) in [4.78, 5) is 0. The quantitative estimate of drug-likeness (QED) is 0.456. The van der Waals surface area contributed by atoms with Gasteiger partial charge in [-0.25, -0.2) is 0 Å². The van der Waals surface area contributed by atoms with Gasteiger partial charge < -0.3 is 4.74 Å². The number of rotatable bonds is 3. The van der Waals surface area contributed by atoms with Crippen LogP contribution in [0.25, 0.3) is 33.0 Å². The van der Waals surface area contributed by atoms with E-state index in [-0.39, 0.29) is 0 Å². The average molecular weight is 335 g/mol. The van der Waals surface area contributed by atoms with E-state index >= 15 is 0 Å². The van der Waals surface area contributed by atoms with Gasteiger partial charge in [-0.2, -0.15) is 5.26 Å². The van der Waals surface area contributed by atoms with Crippen molar-refractivity contribution in [3.05, 3.63) is 90.5 Å². The molecule has 0 saturated heterocycles. The van der Waals surface area contributed by atoms with Crippen molar-refractivity contribution in [2.45, 2.75) is 0 Å². The van der Waals surface area contributed by atoms with Crippen LogP contribution in [0.15, 0.2) is 84.9 Å². The summed E-state index contributed by atoms with van der Waals surface area (Å²) in [5.41, 5.74) is 5.31. The van der Waals surface area contributed by atoms with Crippen LogP contribution in [0, 0.1) is 11.3 Å². The van der Waals surface area contributed by atoms with Gasteiger partial charge in [0.05, 0.1) is 18.7 Å². The molecule has 0 unspecified atom stereocenters. The first-order chi connectivity index (χ1) is 12.8. The minimum Gasteiger partial charge on any atom is -0.497 e. The number of hydrogen-bond acceptors (Lipinski definition) is 2. The lowest BCUT2D eigenvalue weighted by molar-refractivity contribution is 0.415. The van der Waals surface area contributed by atoms with E-state index in [4.69, 9.17) is 10.00 Å². The molecule has 0 radical (unpaired) electrons. The SMILES string of the molecule is COc1ccc(-c2ccc(-c3ccc(C#N)cc3)c3ccccc23)cc1. The maximum absolute atomic E-state index is 9.01. The van der Waals surface area contributed by atoms with E-state index in [1.54, 1.807) is 7.11 Å². The molecule has 4 rings (SSSR count). The molecule has 4 aromatic rings. The summed E-state index contributed by atoms with van der Waals surface area (Å²) < 4.78 is 5.27. The average Bonchev–Trinajstić information content (AvgIpc) is 2.73. The van der Waals surface area contributed by atoms with Crippen LogP contribution in [-0.4, -0.2) is 7.11 Å². The molecular formula is C24H17NO. The Hall–Kier alpha value is -3.57. The minimum absolute atomic E-state index is 0.674. The summed E-state index contributed by atoms with van der Waals surface area (Å²) >= 11 is 0. The van der Waals surface area contributed by atoms with E-state index in [0.717, 1.165) is 16.9 Å². The van der Waals surface area contributed by atoms with Crippen molar-refractivity contribution in [1.82, 2.24) is 0 Å². The zero-order chi connectivity index (χ0) is 17.9. The van der Waals surface area contributed by atoms with E-state index in [0.29, 0.717) is 5.56 Å². The highest BCUT2D eigenvalue weighted by molar-refractivity contribution is 6.04. The molecule has 0 spiro atoms. The van der Waals surface area contributed by atoms with Crippen LogP contribution in [0.1, 0.15) is 5.56 Å². The summed E-state index contributed by atoms with van der Waals surface area (Å²) in [5, 5.41) is 11.4. The summed E-state index contributed by atoms with van der Waals surface area (Å²) in [7, 11) is 1.68. The molecule has 26 heavy (non-hydrogen) atoms. The third-order valence-electron chi connectivity index (χ3n) is 4.65. The Morgan fingerprint density at radius 3 is 1.62 bits per heavy atom. The first-order valence-corrected chi connectivity index (χ1v) is 8.47. The smallest absolute Gasteiger partial charge is 0.118 e. The number of benzene rings is 4. The van der Waals surface area contributed by atoms with Crippen LogP contribution in [0.5, 0.6) is 5.75 Å². The predicted molar refractivity (Wildman–Crippen MR) is 106 cm³/mol. The van der Waals surface area contributed by atoms with Crippen LogP contribution >= 0.6 is 0 Å². The molecule has 0 aliphatic carbocycles. The molecule has 2 heteroatoms. The van der Waals surface area contributed by atoms with E-state index in [2.05, 4.69) is 54.6 Å². The highest BCUT2D eigenvalue weighted by Gasteiger charge is 2.09. The van der Waals surface area contributed by atoms with Gasteiger partial charge >= 0.3 is 0 Å². The fourth-order valence-corrected chi connectivity index (χ4v) is 3.30. The Kier molecular flexibility index (Phi) is 4.13. The maximum Gasteiger partial charge on any atom is 0.118 e. The van der Waals surface area contributed by atoms with Crippen LogP contribution in [-0.2, 0) is 0 Å². The van der Waals surface area contributed by atoms with Gasteiger partial charge in [0.15, 0.2) is 0 Å². The summed E-state index contributed by atoms with van der Waals surface area (Å²) in [6, 6.07) is 30.8. The van der Waals surface area contributed by atoms with E-state index < -0.39 is 0 Å². The van der Waals surface area contributed by atoms with Gasteiger partial charge in [0.2, 0.25) is 0 Å². The minimum atomic E-state index is 0.674. The zero-order valence-electron chi connectivity index (χ0n) is 14.4. The molecule has 0 bridgehead atoms. The second-order valence-electron chi connectivity index (χ2n) is 6.12. The highest BCUT2D eigenvalue weighted by atomic mass is 16.5. The Morgan fingerprint density at radius 1 is 0.654 bits per heavy atom. The molecule has 0 heterocycles. The van der Waals surface area contributed by atoms with Gasteiger partial charge in [0.1, 0.15) is 5.75 Å². The van der Waals surface area contributed by atoms with E-state index in [1.165, 1.54) is 21.9 Å². The number of methoxy groups -OCH3 is 1. The second-order valence-corrected chi connectivity index (χ2v) is 6.12. The fraction of sp³-hybridized carbons (Fsp3) is 0.0417. The number of nitrogens with zero attached hydrogens (tertiary/aromatic N) is 1. The van der Waals surface area contributed by atoms with Gasteiger partial charge in [0.25, 0.3) is 0 Å². The largest absolute Gasteiger partial charge is 0.497 e. The molecule has 0 aromatic heterocycles. The first-order valence-electron chi connectivity index (χ1n) is 8.47. The van der Waals surface area contributed by atoms with Gasteiger partial charge in [0, 0.05) is 0 Å². The molecule has 0 fully saturated rings. The first kappa shape index (κ1) is 15.9. The molecule has 0 amide bonds. The maximum atomic E-state index is 9.01. The van der Waals surface area contributed by atoms with Gasteiger partial charge in [-0.15, -0.1) is 0 Å². The van der Waals surface area contributed by atoms with Crippen molar-refractivity contribution in [2.75, 3.05) is 7.11 Å². The Labute approximate surface area is 152 Å². The molecule has 124 valence electrons. The molecule has 0 saturated carbocycles. The molecule has 0 atom stereocenters. The standard InChI is InChI=1S/C24H17NO/c1-26-20-12-10-19(11-13-20)22-15-14-21(23-4-2-3-5-24(22)23)18-8-6-17(16-25)7-9-18/h2-15H,1H3. The fourth-order valence-electron chi connectivity index (χ4n) is 3.30. The van der Waals surface area contributed by atoms with Crippen molar-refractivity contribution < 1.29 is 4.74 Å². The van der Waals surface area contributed by atoms with Crippen LogP contribution < -0.4 is 4.74 Å². The van der Waals surface area contributed by atoms with E-state index in [1.807, 2.05) is 36.4 Å². The van der Waals surface area contributed by atoms with Crippen molar-refractivity contribution in [3.8, 4) is 34.1 Å². The number of ether oxygens (including phenoxy) is 1. The Morgan fingerprint density at radius 2 is 1.15 bits per heavy atom. The third-order valence-corrected chi connectivity index (χ3v) is 4.65. The van der Waals surface area contributed by atoms with Crippen molar-refractivity contribution in [1.29, 1.82) is 5.26 Å². The van der Waals surface area contributed by atoms with Crippen LogP contribution in [0.4, 0.5) is 0 Å². The van der Waals surface area contributed by atoms with Crippen molar-refractivity contribution in [2.24, 2.45) is 0 Å². The lowest BCUT2D eigenvalue weighted by atomic mass is 9.92. The van der Waals surface area contributed by atoms with Crippen LogP contribution in [0.3, 0.4) is 0 Å². The number of hydrogen-bond donors (Lipinski definition) is 0. The van der Waals surface area contributed by atoms with Gasteiger partial charge in [-0.3, -0.25) is 0 Å². The number of nitriles is 1. The number of fused-ring (bicyclic) bond motifs is 1. The summed E-state index contributed by atoms with van der Waals surface area (Å²) in [6.45, 7) is 0. The zero-order valence-corrected chi connectivity index (χ0v) is 14.4. The third kappa shape index (κ3) is 2.81. The lowest BCUT2D eigenvalue weighted by Crippen LogP contribution is -1.87. The highest BCUT2D eigenvalue weighted by Crippen LogP contribution is 2.36. The second kappa shape index (κ2) is 6.74. The topological polar surface area (TPSA) is 33.0 Å². The summed E-state index contributed by atoms with van der Waals surface area (Å²) in [6.07, 6.45) is 0. The molecule has 4 aromatic carbocycles. The lowest BCUT2D eigenvalue weighted by Gasteiger charge is -2.12. The van der Waals surface area contributed by atoms with Gasteiger partial charge in [-0.05, 0) is 57.3 Å². The molecule has 0 N–H and O–H groups in total. The van der Waals surface area contributed by atoms with Crippen molar-refractivity contribution in [3.63, 3.8) is 0 Å². The molecular weight excluding hydrogens is 318 g/mol. The van der Waals surface area contributed by atoms with Crippen molar-refractivity contribution >= 4 is 10.8 Å². The Bertz CT molecular complexity index is 1100. The van der Waals surface area contributed by atoms with Gasteiger partial charge in [-0.1, -0.05) is 60.7 Å². The Balaban J connectivity index is 1.88. The molecule has 0 aliphatic heterocycles. The normalized spacial score (nSPS) is 10.5. The summed E-state index contributed by atoms with van der Waals surface area (Å²) in [5.74, 6) is 0.854. The molecule has 2 nitrogen and oxygen atoms in total. The monoisotopic (exact) mass is 335 g/mol.